The zero-order valence-electron chi connectivity index (χ0n) is 17.5. The molecule has 1 saturated heterocycles. The molecule has 1 heterocycles. The minimum absolute atomic E-state index is 0.00477. The topological polar surface area (TPSA) is 27.7 Å². The molecule has 0 atom stereocenters. The van der Waals surface area contributed by atoms with Crippen molar-refractivity contribution in [2.45, 2.75) is 6.29 Å². The summed E-state index contributed by atoms with van der Waals surface area (Å²) in [6, 6.07) is 11.4. The Kier molecular flexibility index (Phi) is 6.86. The van der Waals surface area contributed by atoms with Crippen LogP contribution in [0, 0.1) is 29.2 Å². The Morgan fingerprint density at radius 1 is 0.818 bits per heavy atom. The number of hydrogen-bond acceptors (Lipinski definition) is 3. The van der Waals surface area contributed by atoms with Crippen molar-refractivity contribution in [3.05, 3.63) is 90.0 Å². The standard InChI is InChI=1S/C25H19BF4O3/c1-2-14-11-31-25(32-12-14)19-8-7-17(21(27)23(19)29)15-3-5-16(6-4-15)18-9-10-20(33-13-26)24(30)22(18)28/h2-10,14,25H,1,11-13H2. The fourth-order valence-electron chi connectivity index (χ4n) is 3.59. The summed E-state index contributed by atoms with van der Waals surface area (Å²) in [4.78, 5) is 0. The second-order valence-corrected chi connectivity index (χ2v) is 7.45. The van der Waals surface area contributed by atoms with Crippen LogP contribution in [0.2, 0.25) is 0 Å². The minimum atomic E-state index is -1.16. The summed E-state index contributed by atoms with van der Waals surface area (Å²) in [5, 5.41) is 0. The number of halogens is 4. The molecule has 168 valence electrons. The highest BCUT2D eigenvalue weighted by Gasteiger charge is 2.27. The molecular formula is C25H19BF4O3. The van der Waals surface area contributed by atoms with Crippen LogP contribution in [0.1, 0.15) is 11.9 Å². The van der Waals surface area contributed by atoms with Gasteiger partial charge in [0.25, 0.3) is 0 Å². The maximum Gasteiger partial charge on any atom is 0.201 e. The first-order valence-corrected chi connectivity index (χ1v) is 10.2. The largest absolute Gasteiger partial charge is 0.500 e. The van der Waals surface area contributed by atoms with E-state index >= 15 is 0 Å². The van der Waals surface area contributed by atoms with Gasteiger partial charge in [-0.25, -0.2) is 13.2 Å². The molecule has 8 heteroatoms. The number of rotatable bonds is 6. The van der Waals surface area contributed by atoms with Crippen LogP contribution in [-0.2, 0) is 9.47 Å². The van der Waals surface area contributed by atoms with Crippen LogP contribution in [0.4, 0.5) is 17.6 Å². The van der Waals surface area contributed by atoms with Crippen molar-refractivity contribution in [1.82, 2.24) is 0 Å². The van der Waals surface area contributed by atoms with Gasteiger partial charge in [-0.1, -0.05) is 42.5 Å². The lowest BCUT2D eigenvalue weighted by atomic mass is 9.98. The number of ether oxygens (including phenoxy) is 3. The zero-order chi connectivity index (χ0) is 23.5. The summed E-state index contributed by atoms with van der Waals surface area (Å²) in [5.74, 6) is -4.67. The molecule has 0 saturated carbocycles. The lowest BCUT2D eigenvalue weighted by Gasteiger charge is -2.28. The maximum absolute atomic E-state index is 14.9. The zero-order valence-corrected chi connectivity index (χ0v) is 17.5. The number of hydrogen-bond donors (Lipinski definition) is 0. The Labute approximate surface area is 190 Å². The third-order valence-electron chi connectivity index (χ3n) is 5.42. The van der Waals surface area contributed by atoms with E-state index in [1.165, 1.54) is 48.5 Å². The van der Waals surface area contributed by atoms with Crippen LogP contribution in [-0.4, -0.2) is 27.6 Å². The quantitative estimate of drug-likeness (QED) is 0.263. The molecule has 3 nitrogen and oxygen atoms in total. The van der Waals surface area contributed by atoms with Gasteiger partial charge >= 0.3 is 0 Å². The Balaban J connectivity index is 1.59. The van der Waals surface area contributed by atoms with Gasteiger partial charge in [0.15, 0.2) is 29.5 Å². The molecule has 0 aliphatic carbocycles. The molecule has 1 aliphatic heterocycles. The van der Waals surface area contributed by atoms with Crippen LogP contribution in [0.25, 0.3) is 22.3 Å². The summed E-state index contributed by atoms with van der Waals surface area (Å²) in [6.07, 6.45) is 0.680. The fraction of sp³-hybridized carbons (Fsp3) is 0.200. The molecule has 0 spiro atoms. The van der Waals surface area contributed by atoms with E-state index in [0.29, 0.717) is 24.3 Å². The van der Waals surface area contributed by atoms with E-state index in [-0.39, 0.29) is 34.9 Å². The van der Waals surface area contributed by atoms with Crippen LogP contribution in [0.5, 0.6) is 5.75 Å². The molecule has 3 aromatic carbocycles. The molecule has 33 heavy (non-hydrogen) atoms. The summed E-state index contributed by atoms with van der Waals surface area (Å²) in [6.45, 7) is 3.97. The monoisotopic (exact) mass is 454 g/mol. The first kappa shape index (κ1) is 23.1. The van der Waals surface area contributed by atoms with Crippen LogP contribution in [0.15, 0.2) is 61.2 Å². The van der Waals surface area contributed by atoms with Crippen molar-refractivity contribution in [2.75, 3.05) is 19.7 Å². The maximum atomic E-state index is 14.9. The predicted octanol–water partition coefficient (Wildman–Crippen LogP) is 5.93. The van der Waals surface area contributed by atoms with E-state index in [9.17, 15) is 17.6 Å². The summed E-state index contributed by atoms with van der Waals surface area (Å²) >= 11 is 0. The molecule has 4 rings (SSSR count). The Hall–Kier alpha value is -3.10. The molecule has 0 N–H and O–H groups in total. The Bertz CT molecular complexity index is 1160. The van der Waals surface area contributed by atoms with Crippen molar-refractivity contribution in [1.29, 1.82) is 0 Å². The van der Waals surface area contributed by atoms with Gasteiger partial charge in [0.1, 0.15) is 7.85 Å². The molecule has 0 aromatic heterocycles. The lowest BCUT2D eigenvalue weighted by molar-refractivity contribution is -0.198. The van der Waals surface area contributed by atoms with E-state index in [4.69, 9.17) is 22.1 Å². The molecular weight excluding hydrogens is 435 g/mol. The van der Waals surface area contributed by atoms with Gasteiger partial charge in [-0.05, 0) is 23.3 Å². The van der Waals surface area contributed by atoms with E-state index in [1.807, 2.05) is 0 Å². The summed E-state index contributed by atoms with van der Waals surface area (Å²) in [7, 11) is 5.20. The van der Waals surface area contributed by atoms with E-state index in [0.717, 1.165) is 0 Å². The highest BCUT2D eigenvalue weighted by Crippen LogP contribution is 2.35. The first-order valence-electron chi connectivity index (χ1n) is 10.2. The van der Waals surface area contributed by atoms with E-state index in [2.05, 4.69) is 6.58 Å². The highest BCUT2D eigenvalue weighted by atomic mass is 19.2. The second kappa shape index (κ2) is 9.81. The van der Waals surface area contributed by atoms with Crippen molar-refractivity contribution < 1.29 is 31.8 Å². The molecule has 1 fully saturated rings. The first-order chi connectivity index (χ1) is 15.9. The van der Waals surface area contributed by atoms with Gasteiger partial charge < -0.3 is 14.2 Å². The van der Waals surface area contributed by atoms with Crippen LogP contribution in [0.3, 0.4) is 0 Å². The molecule has 3 aromatic rings. The van der Waals surface area contributed by atoms with Crippen molar-refractivity contribution in [3.63, 3.8) is 0 Å². The van der Waals surface area contributed by atoms with Gasteiger partial charge in [-0.3, -0.25) is 0 Å². The van der Waals surface area contributed by atoms with E-state index < -0.39 is 29.6 Å². The summed E-state index contributed by atoms with van der Waals surface area (Å²) in [5.41, 5.74) is 0.694. The predicted molar refractivity (Wildman–Crippen MR) is 117 cm³/mol. The smallest absolute Gasteiger partial charge is 0.201 e. The SMILES string of the molecule is [B]COc1ccc(-c2ccc(-c3ccc(C4OCC(C=C)CO4)c(F)c3F)cc2)c(F)c1F. The Morgan fingerprint density at radius 2 is 1.36 bits per heavy atom. The fourth-order valence-corrected chi connectivity index (χ4v) is 3.59. The third-order valence-corrected chi connectivity index (χ3v) is 5.42. The lowest BCUT2D eigenvalue weighted by Crippen LogP contribution is -2.26. The Morgan fingerprint density at radius 3 is 1.91 bits per heavy atom. The molecule has 0 unspecified atom stereocenters. The average molecular weight is 454 g/mol. The normalized spacial score (nSPS) is 18.2. The van der Waals surface area contributed by atoms with E-state index in [1.54, 1.807) is 6.08 Å². The van der Waals surface area contributed by atoms with Gasteiger partial charge in [-0.15, -0.1) is 6.58 Å². The van der Waals surface area contributed by atoms with Gasteiger partial charge in [-0.2, -0.15) is 4.39 Å². The van der Waals surface area contributed by atoms with Gasteiger partial charge in [0.2, 0.25) is 5.82 Å². The van der Waals surface area contributed by atoms with Crippen molar-refractivity contribution in [2.24, 2.45) is 5.92 Å². The molecule has 2 radical (unpaired) electrons. The van der Waals surface area contributed by atoms with Crippen LogP contribution < -0.4 is 4.74 Å². The minimum Gasteiger partial charge on any atom is -0.500 e. The highest BCUT2D eigenvalue weighted by molar-refractivity contribution is 6.08. The van der Waals surface area contributed by atoms with Crippen molar-refractivity contribution >= 4 is 7.85 Å². The van der Waals surface area contributed by atoms with Crippen LogP contribution >= 0.6 is 0 Å². The van der Waals surface area contributed by atoms with Gasteiger partial charge in [0.05, 0.1) is 13.2 Å². The molecule has 0 amide bonds. The average Bonchev–Trinajstić information content (AvgIpc) is 2.84. The molecule has 1 aliphatic rings. The van der Waals surface area contributed by atoms with Crippen molar-refractivity contribution in [3.8, 4) is 28.0 Å². The van der Waals surface area contributed by atoms with Gasteiger partial charge in [0, 0.05) is 29.1 Å². The molecule has 0 bridgehead atoms. The number of benzene rings is 3. The second-order valence-electron chi connectivity index (χ2n) is 7.45. The summed E-state index contributed by atoms with van der Waals surface area (Å²) < 4.78 is 74.0. The third kappa shape index (κ3) is 4.54.